The first kappa shape index (κ1) is 19.0. The number of aromatic nitrogens is 2. The summed E-state index contributed by atoms with van der Waals surface area (Å²) in [6.07, 6.45) is 3.38. The van der Waals surface area contributed by atoms with Gasteiger partial charge in [0.2, 0.25) is 0 Å². The highest BCUT2D eigenvalue weighted by molar-refractivity contribution is 7.13. The first-order valence-corrected chi connectivity index (χ1v) is 9.49. The van der Waals surface area contributed by atoms with Gasteiger partial charge in [0.25, 0.3) is 5.69 Å². The van der Waals surface area contributed by atoms with Crippen molar-refractivity contribution < 1.29 is 23.9 Å². The van der Waals surface area contributed by atoms with E-state index in [1.54, 1.807) is 17.8 Å². The van der Waals surface area contributed by atoms with Crippen LogP contribution in [0.5, 0.6) is 5.75 Å². The fourth-order valence-corrected chi connectivity index (χ4v) is 3.67. The number of nitrogens with zero attached hydrogens (tertiary/aromatic N) is 3. The number of rotatable bonds is 6. The van der Waals surface area contributed by atoms with Crippen LogP contribution in [0.4, 0.5) is 5.69 Å². The van der Waals surface area contributed by atoms with Gasteiger partial charge in [0.1, 0.15) is 17.4 Å². The maximum Gasteiger partial charge on any atom is 0.312 e. The van der Waals surface area contributed by atoms with Crippen molar-refractivity contribution >= 4 is 23.0 Å². The molecule has 4 rings (SSSR count). The van der Waals surface area contributed by atoms with Crippen molar-refractivity contribution in [1.82, 2.24) is 9.97 Å². The molecule has 0 spiro atoms. The minimum absolute atomic E-state index is 0.00214. The van der Waals surface area contributed by atoms with E-state index in [0.29, 0.717) is 22.6 Å². The summed E-state index contributed by atoms with van der Waals surface area (Å²) >= 11 is 1.42. The number of hydrogen-bond acceptors (Lipinski definition) is 9. The molecule has 3 aromatic rings. The van der Waals surface area contributed by atoms with Crippen LogP contribution in [0, 0.1) is 10.1 Å². The highest BCUT2D eigenvalue weighted by atomic mass is 32.1. The monoisotopic (exact) mass is 413 g/mol. The lowest BCUT2D eigenvalue weighted by atomic mass is 10.1. The lowest BCUT2D eigenvalue weighted by molar-refractivity contribution is -0.385. The predicted octanol–water partition coefficient (Wildman–Crippen LogP) is 3.27. The van der Waals surface area contributed by atoms with E-state index in [4.69, 9.17) is 14.2 Å². The zero-order valence-corrected chi connectivity index (χ0v) is 15.9. The molecule has 2 aromatic heterocycles. The van der Waals surface area contributed by atoms with Crippen molar-refractivity contribution in [2.24, 2.45) is 0 Å². The molecule has 0 fully saturated rings. The van der Waals surface area contributed by atoms with E-state index in [-0.39, 0.29) is 32.1 Å². The summed E-state index contributed by atoms with van der Waals surface area (Å²) in [5, 5.41) is 13.7. The summed E-state index contributed by atoms with van der Waals surface area (Å²) in [5.74, 6) is -0.0254. The van der Waals surface area contributed by atoms with Gasteiger partial charge in [-0.2, -0.15) is 0 Å². The van der Waals surface area contributed by atoms with E-state index in [1.807, 2.05) is 12.1 Å². The first-order valence-electron chi connectivity index (χ1n) is 8.61. The van der Waals surface area contributed by atoms with Gasteiger partial charge >= 0.3 is 5.97 Å². The van der Waals surface area contributed by atoms with Crippen molar-refractivity contribution in [3.63, 3.8) is 0 Å². The second-order valence-electron chi connectivity index (χ2n) is 6.18. The lowest BCUT2D eigenvalue weighted by Crippen LogP contribution is -2.15. The molecule has 148 valence electrons. The van der Waals surface area contributed by atoms with Crippen molar-refractivity contribution in [1.29, 1.82) is 0 Å². The Morgan fingerprint density at radius 2 is 2.28 bits per heavy atom. The van der Waals surface area contributed by atoms with E-state index >= 15 is 0 Å². The fourth-order valence-electron chi connectivity index (χ4n) is 2.86. The Labute approximate surface area is 169 Å². The van der Waals surface area contributed by atoms with Crippen LogP contribution >= 0.6 is 11.3 Å². The number of ether oxygens (including phenoxy) is 3. The van der Waals surface area contributed by atoms with Gasteiger partial charge in [-0.05, 0) is 12.1 Å². The summed E-state index contributed by atoms with van der Waals surface area (Å²) in [5.41, 5.74) is 2.34. The molecular weight excluding hydrogens is 398 g/mol. The first-order chi connectivity index (χ1) is 14.1. The van der Waals surface area contributed by atoms with Crippen molar-refractivity contribution in [2.75, 3.05) is 6.79 Å². The number of nitro benzene ring substituents is 1. The second kappa shape index (κ2) is 8.33. The van der Waals surface area contributed by atoms with Gasteiger partial charge in [-0.15, -0.1) is 11.3 Å². The van der Waals surface area contributed by atoms with Gasteiger partial charge in [-0.1, -0.05) is 0 Å². The number of carbonyl (C=O) groups excluding carboxylic acids is 1. The summed E-state index contributed by atoms with van der Waals surface area (Å²) < 4.78 is 15.9. The van der Waals surface area contributed by atoms with Crippen LogP contribution in [-0.4, -0.2) is 27.7 Å². The van der Waals surface area contributed by atoms with Crippen molar-refractivity contribution in [3.8, 4) is 16.3 Å². The summed E-state index contributed by atoms with van der Waals surface area (Å²) in [7, 11) is 0. The fraction of sp³-hybridized carbons (Fsp3) is 0.211. The molecule has 0 aliphatic carbocycles. The van der Waals surface area contributed by atoms with Gasteiger partial charge in [0.05, 0.1) is 23.6 Å². The molecule has 29 heavy (non-hydrogen) atoms. The normalized spacial score (nSPS) is 12.7. The Balaban J connectivity index is 1.43. The summed E-state index contributed by atoms with van der Waals surface area (Å²) in [6.45, 7) is 0.109. The van der Waals surface area contributed by atoms with E-state index in [0.717, 1.165) is 10.6 Å². The number of fused-ring (bicyclic) bond motifs is 1. The molecule has 9 nitrogen and oxygen atoms in total. The van der Waals surface area contributed by atoms with Gasteiger partial charge in [0, 0.05) is 46.6 Å². The van der Waals surface area contributed by atoms with Crippen molar-refractivity contribution in [3.05, 3.63) is 69.0 Å². The van der Waals surface area contributed by atoms with Crippen LogP contribution in [0.25, 0.3) is 10.6 Å². The standard InChI is InChI=1S/C19H15N3O6S/c23-17(6-15-10-29-19(21-15)12-2-1-3-20-7-12)27-9-14-5-16(22(24)25)4-13-8-26-11-28-18(13)14/h1-5,7,10H,6,8-9,11H2. The van der Waals surface area contributed by atoms with Gasteiger partial charge in [0.15, 0.2) is 6.79 Å². The molecule has 0 atom stereocenters. The van der Waals surface area contributed by atoms with Crippen LogP contribution in [0.3, 0.4) is 0 Å². The van der Waals surface area contributed by atoms with Crippen LogP contribution < -0.4 is 4.74 Å². The molecule has 10 heteroatoms. The number of hydrogen-bond donors (Lipinski definition) is 0. The summed E-state index contributed by atoms with van der Waals surface area (Å²) in [4.78, 5) is 31.4. The van der Waals surface area contributed by atoms with Crippen LogP contribution in [-0.2, 0) is 33.9 Å². The SMILES string of the molecule is O=C(Cc1csc(-c2cccnc2)n1)OCc1cc([N+](=O)[O-])cc2c1OCOC2. The molecule has 0 saturated carbocycles. The Morgan fingerprint density at radius 1 is 1.38 bits per heavy atom. The third-order valence-electron chi connectivity index (χ3n) is 4.16. The predicted molar refractivity (Wildman–Crippen MR) is 102 cm³/mol. The molecule has 1 aliphatic heterocycles. The molecule has 1 aliphatic rings. The largest absolute Gasteiger partial charge is 0.467 e. The topological polar surface area (TPSA) is 114 Å². The number of thiazole rings is 1. The van der Waals surface area contributed by atoms with E-state index in [2.05, 4.69) is 9.97 Å². The van der Waals surface area contributed by atoms with E-state index < -0.39 is 10.9 Å². The maximum absolute atomic E-state index is 12.2. The molecule has 0 unspecified atom stereocenters. The highest BCUT2D eigenvalue weighted by Crippen LogP contribution is 2.33. The minimum Gasteiger partial charge on any atom is -0.467 e. The smallest absolute Gasteiger partial charge is 0.312 e. The number of benzene rings is 1. The molecule has 3 heterocycles. The highest BCUT2D eigenvalue weighted by Gasteiger charge is 2.22. The third-order valence-corrected chi connectivity index (χ3v) is 5.10. The van der Waals surface area contributed by atoms with Crippen LogP contribution in [0.1, 0.15) is 16.8 Å². The molecule has 0 saturated heterocycles. The number of carbonyl (C=O) groups is 1. The number of esters is 1. The molecule has 0 radical (unpaired) electrons. The quantitative estimate of drug-likeness (QED) is 0.344. The molecular formula is C19H15N3O6S. The number of non-ortho nitro benzene ring substituents is 1. The number of nitro groups is 1. The van der Waals surface area contributed by atoms with Crippen molar-refractivity contribution in [2.45, 2.75) is 19.6 Å². The maximum atomic E-state index is 12.2. The minimum atomic E-state index is -0.505. The van der Waals surface area contributed by atoms with E-state index in [1.165, 1.54) is 23.5 Å². The third kappa shape index (κ3) is 4.39. The average molecular weight is 413 g/mol. The lowest BCUT2D eigenvalue weighted by Gasteiger charge is -2.20. The second-order valence-corrected chi connectivity index (χ2v) is 7.04. The van der Waals surface area contributed by atoms with Gasteiger partial charge < -0.3 is 14.2 Å². The van der Waals surface area contributed by atoms with Crippen LogP contribution in [0.2, 0.25) is 0 Å². The molecule has 0 N–H and O–H groups in total. The zero-order valence-electron chi connectivity index (χ0n) is 15.1. The van der Waals surface area contributed by atoms with Gasteiger partial charge in [-0.25, -0.2) is 4.98 Å². The summed E-state index contributed by atoms with van der Waals surface area (Å²) in [6, 6.07) is 6.45. The Bertz CT molecular complexity index is 1050. The Hall–Kier alpha value is -3.37. The average Bonchev–Trinajstić information content (AvgIpc) is 3.20. The molecule has 0 bridgehead atoms. The zero-order chi connectivity index (χ0) is 20.2. The Morgan fingerprint density at radius 3 is 3.07 bits per heavy atom. The van der Waals surface area contributed by atoms with Crippen LogP contribution in [0.15, 0.2) is 42.0 Å². The molecule has 0 amide bonds. The van der Waals surface area contributed by atoms with Gasteiger partial charge in [-0.3, -0.25) is 19.9 Å². The van der Waals surface area contributed by atoms with E-state index in [9.17, 15) is 14.9 Å². The molecule has 1 aromatic carbocycles. The number of pyridine rings is 1. The Kier molecular flexibility index (Phi) is 5.45.